The van der Waals surface area contributed by atoms with Gasteiger partial charge in [0.1, 0.15) is 17.5 Å². The number of aryl methyl sites for hydroxylation is 1. The van der Waals surface area contributed by atoms with E-state index in [4.69, 9.17) is 9.26 Å². The maximum Gasteiger partial charge on any atom is 0.361 e. The van der Waals surface area contributed by atoms with Gasteiger partial charge < -0.3 is 14.6 Å². The molecule has 1 aromatic carbocycles. The molecule has 0 bridgehead atoms. The van der Waals surface area contributed by atoms with Gasteiger partial charge in [-0.2, -0.15) is 4.98 Å². The number of nitrogens with zero attached hydrogens (tertiary/aromatic N) is 3. The molecule has 0 fully saturated rings. The molecule has 3 rings (SSSR count). The van der Waals surface area contributed by atoms with E-state index < -0.39 is 5.97 Å². The predicted octanol–water partition coefficient (Wildman–Crippen LogP) is 3.10. The maximum absolute atomic E-state index is 12.0. The van der Waals surface area contributed by atoms with E-state index in [2.05, 4.69) is 27.4 Å². The number of carbonyl (C=O) groups excluding carboxylic acids is 1. The highest BCUT2D eigenvalue weighted by Crippen LogP contribution is 2.26. The number of rotatable bonds is 5. The lowest BCUT2D eigenvalue weighted by molar-refractivity contribution is 0.0517. The van der Waals surface area contributed by atoms with Crippen molar-refractivity contribution in [3.05, 3.63) is 41.9 Å². The van der Waals surface area contributed by atoms with Crippen LogP contribution in [0.2, 0.25) is 0 Å². The zero-order valence-electron chi connectivity index (χ0n) is 12.9. The van der Waals surface area contributed by atoms with E-state index in [9.17, 15) is 4.79 Å². The molecule has 3 aromatic rings. The average molecular weight is 312 g/mol. The lowest BCUT2D eigenvalue weighted by atomic mass is 10.1. The van der Waals surface area contributed by atoms with Gasteiger partial charge in [0, 0.05) is 5.69 Å². The molecule has 118 valence electrons. The van der Waals surface area contributed by atoms with Crippen molar-refractivity contribution >= 4 is 28.6 Å². The first-order valence-corrected chi connectivity index (χ1v) is 7.36. The number of hydrogen-bond acceptors (Lipinski definition) is 7. The first-order valence-electron chi connectivity index (χ1n) is 7.36. The van der Waals surface area contributed by atoms with Crippen LogP contribution in [0.3, 0.4) is 0 Å². The second-order valence-corrected chi connectivity index (χ2v) is 4.83. The van der Waals surface area contributed by atoms with E-state index in [1.54, 1.807) is 6.92 Å². The molecular formula is C16H16N4O3. The van der Waals surface area contributed by atoms with Crippen LogP contribution in [0.4, 0.5) is 11.5 Å². The molecule has 0 aliphatic carbocycles. The number of hydrogen-bond donors (Lipinski definition) is 1. The molecule has 0 amide bonds. The largest absolute Gasteiger partial charge is 0.461 e. The van der Waals surface area contributed by atoms with Crippen LogP contribution in [0.15, 0.2) is 35.1 Å². The van der Waals surface area contributed by atoms with Crippen LogP contribution in [-0.4, -0.2) is 27.7 Å². The third kappa shape index (κ3) is 2.98. The molecule has 2 heterocycles. The summed E-state index contributed by atoms with van der Waals surface area (Å²) < 4.78 is 10.1. The Balaban J connectivity index is 1.99. The highest BCUT2D eigenvalue weighted by atomic mass is 16.5. The molecule has 7 heteroatoms. The van der Waals surface area contributed by atoms with Gasteiger partial charge >= 0.3 is 5.97 Å². The fourth-order valence-corrected chi connectivity index (χ4v) is 2.18. The molecule has 23 heavy (non-hydrogen) atoms. The smallest absolute Gasteiger partial charge is 0.361 e. The number of benzene rings is 1. The lowest BCUT2D eigenvalue weighted by Gasteiger charge is -2.07. The summed E-state index contributed by atoms with van der Waals surface area (Å²) >= 11 is 0. The van der Waals surface area contributed by atoms with Crippen molar-refractivity contribution in [2.75, 3.05) is 11.9 Å². The molecule has 7 nitrogen and oxygen atoms in total. The normalized spacial score (nSPS) is 10.7. The summed E-state index contributed by atoms with van der Waals surface area (Å²) in [6, 6.07) is 7.95. The van der Waals surface area contributed by atoms with Crippen molar-refractivity contribution in [2.45, 2.75) is 20.3 Å². The van der Waals surface area contributed by atoms with Crippen molar-refractivity contribution in [1.82, 2.24) is 15.1 Å². The third-order valence-corrected chi connectivity index (χ3v) is 3.37. The minimum Gasteiger partial charge on any atom is -0.461 e. The lowest BCUT2D eigenvalue weighted by Crippen LogP contribution is -2.06. The van der Waals surface area contributed by atoms with Crippen LogP contribution in [0.1, 0.15) is 29.9 Å². The van der Waals surface area contributed by atoms with Gasteiger partial charge in [-0.1, -0.05) is 24.2 Å². The molecule has 0 unspecified atom stereocenters. The van der Waals surface area contributed by atoms with Gasteiger partial charge in [0.05, 0.1) is 6.61 Å². The van der Waals surface area contributed by atoms with Crippen LogP contribution in [0.25, 0.3) is 11.1 Å². The fraction of sp³-hybridized carbons (Fsp3) is 0.250. The Morgan fingerprint density at radius 2 is 2.00 bits per heavy atom. The van der Waals surface area contributed by atoms with Gasteiger partial charge in [0.25, 0.3) is 5.71 Å². The van der Waals surface area contributed by atoms with E-state index in [0.29, 0.717) is 11.2 Å². The number of ether oxygens (including phenoxy) is 1. The molecule has 0 atom stereocenters. The van der Waals surface area contributed by atoms with Gasteiger partial charge in [0.2, 0.25) is 5.69 Å². The van der Waals surface area contributed by atoms with Crippen molar-refractivity contribution in [3.63, 3.8) is 0 Å². The maximum atomic E-state index is 12.0. The quantitative estimate of drug-likeness (QED) is 0.724. The van der Waals surface area contributed by atoms with Crippen molar-refractivity contribution in [1.29, 1.82) is 0 Å². The Bertz CT molecular complexity index is 827. The van der Waals surface area contributed by atoms with Crippen LogP contribution < -0.4 is 5.32 Å². The van der Waals surface area contributed by atoms with Gasteiger partial charge in [-0.3, -0.25) is 0 Å². The summed E-state index contributed by atoms with van der Waals surface area (Å²) in [4.78, 5) is 20.2. The zero-order valence-corrected chi connectivity index (χ0v) is 12.9. The van der Waals surface area contributed by atoms with E-state index >= 15 is 0 Å². The number of esters is 1. The Kier molecular flexibility index (Phi) is 4.18. The third-order valence-electron chi connectivity index (χ3n) is 3.37. The number of carbonyl (C=O) groups is 1. The SMILES string of the molecule is CCOC(=O)c1noc2ncnc(Nc3ccc(CC)cc3)c12. The highest BCUT2D eigenvalue weighted by Gasteiger charge is 2.22. The average Bonchev–Trinajstić information content (AvgIpc) is 3.01. The first-order chi connectivity index (χ1) is 11.2. The molecule has 0 radical (unpaired) electrons. The highest BCUT2D eigenvalue weighted by molar-refractivity contribution is 6.05. The number of nitrogens with one attached hydrogen (secondary N) is 1. The topological polar surface area (TPSA) is 90.1 Å². The minimum absolute atomic E-state index is 0.0649. The van der Waals surface area contributed by atoms with Gasteiger partial charge in [-0.25, -0.2) is 9.78 Å². The van der Waals surface area contributed by atoms with E-state index in [1.165, 1.54) is 11.9 Å². The van der Waals surface area contributed by atoms with E-state index in [0.717, 1.165) is 12.1 Å². The number of aromatic nitrogens is 3. The van der Waals surface area contributed by atoms with Gasteiger partial charge in [-0.05, 0) is 31.0 Å². The summed E-state index contributed by atoms with van der Waals surface area (Å²) in [5, 5.41) is 7.32. The Labute approximate surface area is 132 Å². The minimum atomic E-state index is -0.564. The van der Waals surface area contributed by atoms with Crippen LogP contribution in [-0.2, 0) is 11.2 Å². The predicted molar refractivity (Wildman–Crippen MR) is 84.7 cm³/mol. The Hall–Kier alpha value is -2.96. The molecule has 0 aliphatic heterocycles. The Morgan fingerprint density at radius 3 is 2.70 bits per heavy atom. The summed E-state index contributed by atoms with van der Waals surface area (Å²) in [5.41, 5.74) is 2.38. The zero-order chi connectivity index (χ0) is 16.2. The second-order valence-electron chi connectivity index (χ2n) is 4.83. The molecule has 2 aromatic heterocycles. The van der Waals surface area contributed by atoms with Crippen LogP contribution >= 0.6 is 0 Å². The number of anilines is 2. The fourth-order valence-electron chi connectivity index (χ4n) is 2.18. The summed E-state index contributed by atoms with van der Waals surface area (Å²) in [7, 11) is 0. The monoisotopic (exact) mass is 312 g/mol. The van der Waals surface area contributed by atoms with Crippen LogP contribution in [0, 0.1) is 0 Å². The molecular weight excluding hydrogens is 296 g/mol. The van der Waals surface area contributed by atoms with Crippen molar-refractivity contribution in [3.8, 4) is 0 Å². The summed E-state index contributed by atoms with van der Waals surface area (Å²) in [6.07, 6.45) is 2.32. The standard InChI is InChI=1S/C16H16N4O3/c1-3-10-5-7-11(8-6-10)19-14-12-13(16(21)22-4-2)20-23-15(12)18-9-17-14/h5-9H,3-4H2,1-2H3,(H,17,18,19). The van der Waals surface area contributed by atoms with Gasteiger partial charge in [0.15, 0.2) is 0 Å². The molecule has 1 N–H and O–H groups in total. The first kappa shape index (κ1) is 15.0. The molecule has 0 spiro atoms. The van der Waals surface area contributed by atoms with Gasteiger partial charge in [-0.15, -0.1) is 0 Å². The summed E-state index contributed by atoms with van der Waals surface area (Å²) in [6.45, 7) is 4.08. The molecule has 0 saturated heterocycles. The second kappa shape index (κ2) is 6.43. The molecule has 0 saturated carbocycles. The summed E-state index contributed by atoms with van der Waals surface area (Å²) in [5.74, 6) is -0.117. The number of fused-ring (bicyclic) bond motifs is 1. The Morgan fingerprint density at radius 1 is 1.22 bits per heavy atom. The van der Waals surface area contributed by atoms with Crippen LogP contribution in [0.5, 0.6) is 0 Å². The molecule has 0 aliphatic rings. The van der Waals surface area contributed by atoms with Crippen molar-refractivity contribution in [2.24, 2.45) is 0 Å². The van der Waals surface area contributed by atoms with E-state index in [-0.39, 0.29) is 18.0 Å². The van der Waals surface area contributed by atoms with E-state index in [1.807, 2.05) is 24.3 Å². The van der Waals surface area contributed by atoms with Crippen molar-refractivity contribution < 1.29 is 14.1 Å².